The number of primary amides is 1. The maximum Gasteiger partial charge on any atom is 0.336 e. The molecule has 0 radical (unpaired) electrons. The summed E-state index contributed by atoms with van der Waals surface area (Å²) in [6.45, 7) is 0. The molecular formula is C8H4F3NO3. The summed E-state index contributed by atoms with van der Waals surface area (Å²) in [4.78, 5) is 21.1. The second-order valence-corrected chi connectivity index (χ2v) is 2.58. The summed E-state index contributed by atoms with van der Waals surface area (Å²) in [7, 11) is 0. The highest BCUT2D eigenvalue weighted by Crippen LogP contribution is 2.19. The zero-order valence-corrected chi connectivity index (χ0v) is 7.05. The summed E-state index contributed by atoms with van der Waals surface area (Å²) in [5.74, 6) is -8.80. The summed E-state index contributed by atoms with van der Waals surface area (Å²) < 4.78 is 38.2. The number of rotatable bonds is 2. The van der Waals surface area contributed by atoms with E-state index in [9.17, 15) is 22.8 Å². The van der Waals surface area contributed by atoms with Gasteiger partial charge in [0.15, 0.2) is 17.5 Å². The number of amides is 1. The molecule has 1 rings (SSSR count). The molecule has 15 heavy (non-hydrogen) atoms. The van der Waals surface area contributed by atoms with Crippen LogP contribution in [0.4, 0.5) is 13.2 Å². The van der Waals surface area contributed by atoms with E-state index < -0.39 is 40.5 Å². The number of carboxylic acid groups (broad SMARTS) is 1. The van der Waals surface area contributed by atoms with Gasteiger partial charge < -0.3 is 10.8 Å². The Labute approximate surface area is 81.1 Å². The molecule has 0 spiro atoms. The fraction of sp³-hybridized carbons (Fsp3) is 0. The van der Waals surface area contributed by atoms with Crippen LogP contribution in [0.5, 0.6) is 0 Å². The summed E-state index contributed by atoms with van der Waals surface area (Å²) in [6, 6.07) is 0.195. The van der Waals surface area contributed by atoms with Crippen LogP contribution < -0.4 is 5.73 Å². The molecule has 1 aromatic rings. The van der Waals surface area contributed by atoms with Crippen molar-refractivity contribution in [3.63, 3.8) is 0 Å². The van der Waals surface area contributed by atoms with Gasteiger partial charge in [-0.2, -0.15) is 0 Å². The van der Waals surface area contributed by atoms with Crippen LogP contribution in [0.3, 0.4) is 0 Å². The molecule has 0 saturated carbocycles. The third-order valence-corrected chi connectivity index (χ3v) is 1.64. The Hall–Kier alpha value is -2.05. The zero-order valence-electron chi connectivity index (χ0n) is 7.05. The summed E-state index contributed by atoms with van der Waals surface area (Å²) in [6.07, 6.45) is 0. The number of benzene rings is 1. The third kappa shape index (κ3) is 1.76. The average Bonchev–Trinajstić information content (AvgIpc) is 2.12. The Morgan fingerprint density at radius 1 is 1.20 bits per heavy atom. The van der Waals surface area contributed by atoms with E-state index in [1.807, 2.05) is 0 Å². The number of carbonyl (C=O) groups excluding carboxylic acids is 1. The quantitative estimate of drug-likeness (QED) is 0.725. The van der Waals surface area contributed by atoms with Crippen molar-refractivity contribution >= 4 is 11.9 Å². The lowest BCUT2D eigenvalue weighted by Gasteiger charge is -2.05. The Morgan fingerprint density at radius 2 is 1.73 bits per heavy atom. The standard InChI is InChI=1S/C8H4F3NO3/c9-3-1-2(8(14)15)4(7(12)13)6(11)5(3)10/h1H,(H2,12,13)(H,14,15). The lowest BCUT2D eigenvalue weighted by atomic mass is 10.1. The van der Waals surface area contributed by atoms with E-state index in [1.54, 1.807) is 0 Å². The van der Waals surface area contributed by atoms with Crippen LogP contribution in [0.1, 0.15) is 20.7 Å². The van der Waals surface area contributed by atoms with E-state index in [2.05, 4.69) is 5.73 Å². The largest absolute Gasteiger partial charge is 0.478 e. The van der Waals surface area contributed by atoms with E-state index in [1.165, 1.54) is 0 Å². The topological polar surface area (TPSA) is 80.4 Å². The molecule has 0 aromatic heterocycles. The molecule has 0 fully saturated rings. The number of hydrogen-bond acceptors (Lipinski definition) is 2. The number of nitrogens with two attached hydrogens (primary N) is 1. The lowest BCUT2D eigenvalue weighted by molar-refractivity contribution is 0.0690. The first-order valence-corrected chi connectivity index (χ1v) is 3.56. The first kappa shape index (κ1) is 11.0. The van der Waals surface area contributed by atoms with Gasteiger partial charge in [-0.1, -0.05) is 0 Å². The highest BCUT2D eigenvalue weighted by Gasteiger charge is 2.25. The predicted octanol–water partition coefficient (Wildman–Crippen LogP) is 0.901. The second kappa shape index (κ2) is 3.60. The molecule has 80 valence electrons. The highest BCUT2D eigenvalue weighted by molar-refractivity contribution is 6.04. The minimum Gasteiger partial charge on any atom is -0.478 e. The van der Waals surface area contributed by atoms with Crippen LogP contribution in [-0.2, 0) is 0 Å². The third-order valence-electron chi connectivity index (χ3n) is 1.64. The maximum absolute atomic E-state index is 13.0. The number of hydrogen-bond donors (Lipinski definition) is 2. The van der Waals surface area contributed by atoms with Crippen molar-refractivity contribution in [2.45, 2.75) is 0 Å². The summed E-state index contributed by atoms with van der Waals surface area (Å²) in [5.41, 5.74) is 2.45. The van der Waals surface area contributed by atoms with Gasteiger partial charge in [-0.3, -0.25) is 4.79 Å². The molecule has 0 aliphatic carbocycles. The van der Waals surface area contributed by atoms with Gasteiger partial charge in [-0.05, 0) is 6.07 Å². The van der Waals surface area contributed by atoms with E-state index >= 15 is 0 Å². The molecule has 3 N–H and O–H groups in total. The van der Waals surface area contributed by atoms with Crippen LogP contribution in [0.2, 0.25) is 0 Å². The molecule has 0 unspecified atom stereocenters. The van der Waals surface area contributed by atoms with Crippen molar-refractivity contribution in [3.05, 3.63) is 34.6 Å². The Bertz CT molecular complexity index is 459. The zero-order chi connectivity index (χ0) is 11.7. The number of carbonyl (C=O) groups is 2. The van der Waals surface area contributed by atoms with Gasteiger partial charge in [0.1, 0.15) is 0 Å². The number of aromatic carboxylic acids is 1. The van der Waals surface area contributed by atoms with Crippen molar-refractivity contribution in [3.8, 4) is 0 Å². The number of halogens is 3. The van der Waals surface area contributed by atoms with E-state index in [4.69, 9.17) is 5.11 Å². The van der Waals surface area contributed by atoms with Crippen LogP contribution in [0.15, 0.2) is 6.07 Å². The Balaban J connectivity index is 3.65. The van der Waals surface area contributed by atoms with Gasteiger partial charge in [0.05, 0.1) is 11.1 Å². The normalized spacial score (nSPS) is 10.1. The minimum atomic E-state index is -1.94. The lowest BCUT2D eigenvalue weighted by Crippen LogP contribution is -2.20. The van der Waals surface area contributed by atoms with Crippen molar-refractivity contribution in [2.75, 3.05) is 0 Å². The average molecular weight is 219 g/mol. The molecule has 1 aromatic carbocycles. The van der Waals surface area contributed by atoms with Crippen molar-refractivity contribution in [2.24, 2.45) is 5.73 Å². The van der Waals surface area contributed by atoms with E-state index in [0.717, 1.165) is 0 Å². The van der Waals surface area contributed by atoms with Gasteiger partial charge in [0.2, 0.25) is 0 Å². The first-order chi connectivity index (χ1) is 6.86. The SMILES string of the molecule is NC(=O)c1c(C(=O)O)cc(F)c(F)c1F. The van der Waals surface area contributed by atoms with Gasteiger partial charge in [-0.15, -0.1) is 0 Å². The van der Waals surface area contributed by atoms with Gasteiger partial charge >= 0.3 is 5.97 Å². The monoisotopic (exact) mass is 219 g/mol. The molecule has 0 saturated heterocycles. The molecule has 4 nitrogen and oxygen atoms in total. The van der Waals surface area contributed by atoms with Gasteiger partial charge in [0.25, 0.3) is 5.91 Å². The molecular weight excluding hydrogens is 215 g/mol. The molecule has 0 atom stereocenters. The molecule has 7 heteroatoms. The molecule has 1 amide bonds. The highest BCUT2D eigenvalue weighted by atomic mass is 19.2. The maximum atomic E-state index is 13.0. The van der Waals surface area contributed by atoms with Crippen molar-refractivity contribution < 1.29 is 27.9 Å². The minimum absolute atomic E-state index is 0.195. The van der Waals surface area contributed by atoms with Crippen LogP contribution >= 0.6 is 0 Å². The smallest absolute Gasteiger partial charge is 0.336 e. The predicted molar refractivity (Wildman–Crippen MR) is 41.8 cm³/mol. The first-order valence-electron chi connectivity index (χ1n) is 3.56. The molecule has 0 bridgehead atoms. The Kier molecular flexibility index (Phi) is 2.65. The van der Waals surface area contributed by atoms with E-state index in [0.29, 0.717) is 0 Å². The van der Waals surface area contributed by atoms with Crippen LogP contribution in [-0.4, -0.2) is 17.0 Å². The van der Waals surface area contributed by atoms with Crippen molar-refractivity contribution in [1.82, 2.24) is 0 Å². The van der Waals surface area contributed by atoms with Gasteiger partial charge in [0, 0.05) is 0 Å². The summed E-state index contributed by atoms with van der Waals surface area (Å²) >= 11 is 0. The van der Waals surface area contributed by atoms with Gasteiger partial charge in [-0.25, -0.2) is 18.0 Å². The fourth-order valence-corrected chi connectivity index (χ4v) is 1.00. The molecule has 0 aliphatic heterocycles. The number of carboxylic acids is 1. The Morgan fingerprint density at radius 3 is 2.13 bits per heavy atom. The fourth-order valence-electron chi connectivity index (χ4n) is 1.00. The van der Waals surface area contributed by atoms with Crippen LogP contribution in [0.25, 0.3) is 0 Å². The van der Waals surface area contributed by atoms with Crippen molar-refractivity contribution in [1.29, 1.82) is 0 Å². The second-order valence-electron chi connectivity index (χ2n) is 2.58. The van der Waals surface area contributed by atoms with E-state index in [-0.39, 0.29) is 6.07 Å². The summed E-state index contributed by atoms with van der Waals surface area (Å²) in [5, 5.41) is 8.49. The van der Waals surface area contributed by atoms with Crippen LogP contribution in [0, 0.1) is 17.5 Å². The molecule has 0 heterocycles. The molecule has 0 aliphatic rings.